The Bertz CT molecular complexity index is 234. The van der Waals surface area contributed by atoms with Crippen molar-refractivity contribution in [1.29, 1.82) is 0 Å². The summed E-state index contributed by atoms with van der Waals surface area (Å²) in [4.78, 5) is 7.80. The summed E-state index contributed by atoms with van der Waals surface area (Å²) in [5.74, 6) is 0.687. The number of amidine groups is 1. The minimum absolute atomic E-state index is 0.584. The first-order chi connectivity index (χ1) is 5.74. The van der Waals surface area contributed by atoms with Gasteiger partial charge in [0.15, 0.2) is 0 Å². The van der Waals surface area contributed by atoms with Crippen molar-refractivity contribution in [1.82, 2.24) is 0 Å². The van der Waals surface area contributed by atoms with E-state index in [4.69, 9.17) is 0 Å². The molecule has 0 bridgehead atoms. The molecule has 0 saturated heterocycles. The standard InChI is InChI=1S/C10H14N2/c1-5-7-10(6-2)8-12-9(3)11-4/h5-7H,1-2,4,8H2,3H3/b10-7+,12-9?. The van der Waals surface area contributed by atoms with Crippen LogP contribution in [0.5, 0.6) is 0 Å². The Labute approximate surface area is 73.7 Å². The normalized spacial score (nSPS) is 12.4. The summed E-state index contributed by atoms with van der Waals surface area (Å²) in [6.07, 6.45) is 5.33. The molecule has 0 aromatic carbocycles. The molecule has 0 fully saturated rings. The Balaban J connectivity index is 4.22. The molecule has 0 amide bonds. The molecule has 0 aliphatic carbocycles. The molecule has 0 atom stereocenters. The van der Waals surface area contributed by atoms with Crippen molar-refractivity contribution in [2.24, 2.45) is 9.98 Å². The monoisotopic (exact) mass is 162 g/mol. The molecule has 12 heavy (non-hydrogen) atoms. The van der Waals surface area contributed by atoms with Gasteiger partial charge in [-0.15, -0.1) is 0 Å². The van der Waals surface area contributed by atoms with Gasteiger partial charge in [-0.2, -0.15) is 0 Å². The third-order valence-electron chi connectivity index (χ3n) is 1.31. The zero-order chi connectivity index (χ0) is 9.40. The van der Waals surface area contributed by atoms with E-state index in [1.54, 1.807) is 12.2 Å². The van der Waals surface area contributed by atoms with Crippen LogP contribution in [0.3, 0.4) is 0 Å². The first-order valence-electron chi connectivity index (χ1n) is 3.66. The average molecular weight is 162 g/mol. The summed E-state index contributed by atoms with van der Waals surface area (Å²) in [7, 11) is 0. The second-order valence-electron chi connectivity index (χ2n) is 2.20. The van der Waals surface area contributed by atoms with Gasteiger partial charge in [0.05, 0.1) is 6.54 Å². The van der Waals surface area contributed by atoms with E-state index in [0.717, 1.165) is 5.57 Å². The van der Waals surface area contributed by atoms with E-state index in [-0.39, 0.29) is 0 Å². The van der Waals surface area contributed by atoms with Crippen LogP contribution in [-0.2, 0) is 0 Å². The van der Waals surface area contributed by atoms with Crippen molar-refractivity contribution in [3.63, 3.8) is 0 Å². The molecule has 0 saturated carbocycles. The second-order valence-corrected chi connectivity index (χ2v) is 2.20. The first-order valence-corrected chi connectivity index (χ1v) is 3.66. The summed E-state index contributed by atoms with van der Waals surface area (Å²) in [6, 6.07) is 0. The van der Waals surface area contributed by atoms with E-state index in [2.05, 4.69) is 29.9 Å². The molecular weight excluding hydrogens is 148 g/mol. The Morgan fingerprint density at radius 3 is 2.50 bits per heavy atom. The molecule has 0 heterocycles. The maximum atomic E-state index is 4.13. The molecule has 0 unspecified atom stereocenters. The quantitative estimate of drug-likeness (QED) is 0.344. The molecule has 0 N–H and O–H groups in total. The molecule has 0 spiro atoms. The third kappa shape index (κ3) is 4.39. The molecule has 0 radical (unpaired) electrons. The zero-order valence-electron chi connectivity index (χ0n) is 7.45. The van der Waals surface area contributed by atoms with Crippen LogP contribution >= 0.6 is 0 Å². The molecule has 2 heteroatoms. The van der Waals surface area contributed by atoms with Crippen LogP contribution in [0.4, 0.5) is 0 Å². The Morgan fingerprint density at radius 1 is 1.42 bits per heavy atom. The van der Waals surface area contributed by atoms with Gasteiger partial charge in [0.1, 0.15) is 5.84 Å². The molecule has 0 rings (SSSR count). The van der Waals surface area contributed by atoms with Crippen LogP contribution in [0.25, 0.3) is 0 Å². The van der Waals surface area contributed by atoms with Crippen LogP contribution in [0.1, 0.15) is 6.92 Å². The number of hydrogen-bond acceptors (Lipinski definition) is 1. The number of nitrogens with zero attached hydrogens (tertiary/aromatic N) is 2. The van der Waals surface area contributed by atoms with Gasteiger partial charge >= 0.3 is 0 Å². The number of rotatable bonds is 4. The Hall–Kier alpha value is -1.44. The molecule has 0 aliphatic heterocycles. The van der Waals surface area contributed by atoms with Crippen molar-refractivity contribution in [2.45, 2.75) is 6.92 Å². The van der Waals surface area contributed by atoms with E-state index in [1.165, 1.54) is 0 Å². The third-order valence-corrected chi connectivity index (χ3v) is 1.31. The predicted molar refractivity (Wildman–Crippen MR) is 56.0 cm³/mol. The summed E-state index contributed by atoms with van der Waals surface area (Å²) in [5.41, 5.74) is 1.02. The van der Waals surface area contributed by atoms with E-state index in [9.17, 15) is 0 Å². The topological polar surface area (TPSA) is 24.7 Å². The minimum Gasteiger partial charge on any atom is -0.266 e. The lowest BCUT2D eigenvalue weighted by atomic mass is 10.2. The van der Waals surface area contributed by atoms with Gasteiger partial charge < -0.3 is 0 Å². The van der Waals surface area contributed by atoms with Crippen LogP contribution in [0, 0.1) is 0 Å². The fourth-order valence-corrected chi connectivity index (χ4v) is 0.592. The summed E-state index contributed by atoms with van der Waals surface area (Å²) in [5, 5.41) is 0. The first kappa shape index (κ1) is 10.6. The van der Waals surface area contributed by atoms with E-state index >= 15 is 0 Å². The lowest BCUT2D eigenvalue weighted by Gasteiger charge is -1.95. The molecule has 64 valence electrons. The van der Waals surface area contributed by atoms with Gasteiger partial charge in [0.25, 0.3) is 0 Å². The van der Waals surface area contributed by atoms with Crippen LogP contribution < -0.4 is 0 Å². The van der Waals surface area contributed by atoms with Gasteiger partial charge in [-0.05, 0) is 19.2 Å². The lowest BCUT2D eigenvalue weighted by Crippen LogP contribution is -1.90. The highest BCUT2D eigenvalue weighted by atomic mass is 14.9. The Morgan fingerprint density at radius 2 is 2.08 bits per heavy atom. The highest BCUT2D eigenvalue weighted by Crippen LogP contribution is 1.97. The maximum Gasteiger partial charge on any atom is 0.119 e. The van der Waals surface area contributed by atoms with Crippen molar-refractivity contribution in [2.75, 3.05) is 6.54 Å². The summed E-state index contributed by atoms with van der Waals surface area (Å²) < 4.78 is 0. The number of allylic oxidation sites excluding steroid dienone is 2. The van der Waals surface area contributed by atoms with Gasteiger partial charge in [0, 0.05) is 0 Å². The number of hydrogen-bond donors (Lipinski definition) is 0. The van der Waals surface area contributed by atoms with Gasteiger partial charge in [-0.3, -0.25) is 4.99 Å². The van der Waals surface area contributed by atoms with Gasteiger partial charge in [0.2, 0.25) is 0 Å². The van der Waals surface area contributed by atoms with Crippen molar-refractivity contribution < 1.29 is 0 Å². The predicted octanol–water partition coefficient (Wildman–Crippen LogP) is 2.40. The maximum absolute atomic E-state index is 4.13. The fourth-order valence-electron chi connectivity index (χ4n) is 0.592. The molecule has 0 aromatic rings. The van der Waals surface area contributed by atoms with Crippen molar-refractivity contribution in [3.05, 3.63) is 37.0 Å². The smallest absolute Gasteiger partial charge is 0.119 e. The highest BCUT2D eigenvalue weighted by molar-refractivity contribution is 5.83. The Kier molecular flexibility index (Phi) is 5.53. The van der Waals surface area contributed by atoms with Crippen LogP contribution in [0.2, 0.25) is 0 Å². The van der Waals surface area contributed by atoms with E-state index < -0.39 is 0 Å². The summed E-state index contributed by atoms with van der Waals surface area (Å²) in [6.45, 7) is 13.0. The fraction of sp³-hybridized carbons (Fsp3) is 0.200. The second kappa shape index (κ2) is 6.28. The lowest BCUT2D eigenvalue weighted by molar-refractivity contribution is 1.17. The van der Waals surface area contributed by atoms with Crippen LogP contribution in [-0.4, -0.2) is 19.1 Å². The molecule has 0 aromatic heterocycles. The largest absolute Gasteiger partial charge is 0.266 e. The van der Waals surface area contributed by atoms with Gasteiger partial charge in [-0.1, -0.05) is 31.4 Å². The SMILES string of the molecule is C=C/C=C(\C=C)CN=C(C)N=C. The van der Waals surface area contributed by atoms with Gasteiger partial charge in [-0.25, -0.2) is 4.99 Å². The van der Waals surface area contributed by atoms with E-state index in [0.29, 0.717) is 12.4 Å². The zero-order valence-corrected chi connectivity index (χ0v) is 7.45. The molecular formula is C10H14N2. The van der Waals surface area contributed by atoms with Crippen molar-refractivity contribution >= 4 is 12.6 Å². The number of aliphatic imine (C=N–C) groups is 2. The highest BCUT2D eigenvalue weighted by Gasteiger charge is 1.87. The summed E-state index contributed by atoms with van der Waals surface area (Å²) >= 11 is 0. The molecule has 0 aliphatic rings. The van der Waals surface area contributed by atoms with E-state index in [1.807, 2.05) is 13.0 Å². The average Bonchev–Trinajstić information content (AvgIpc) is 2.11. The molecule has 2 nitrogen and oxygen atoms in total. The van der Waals surface area contributed by atoms with Crippen molar-refractivity contribution in [3.8, 4) is 0 Å². The van der Waals surface area contributed by atoms with Crippen LogP contribution in [0.15, 0.2) is 46.9 Å². The minimum atomic E-state index is 0.584.